The van der Waals surface area contributed by atoms with E-state index in [2.05, 4.69) is 49.4 Å². The topological polar surface area (TPSA) is 56.1 Å². The first-order chi connectivity index (χ1) is 14.2. The number of carbonyl (C=O) groups excluding carboxylic acids is 1. The molecular formula is C25H29N3O2. The maximum absolute atomic E-state index is 13.0. The number of hydrogen-bond acceptors (Lipinski definition) is 3. The number of aromatic nitrogens is 2. The first-order valence-electron chi connectivity index (χ1n) is 10.4. The van der Waals surface area contributed by atoms with Gasteiger partial charge >= 0.3 is 0 Å². The van der Waals surface area contributed by atoms with E-state index in [1.807, 2.05) is 48.9 Å². The Hall–Kier alpha value is -3.08. The van der Waals surface area contributed by atoms with Gasteiger partial charge in [-0.1, -0.05) is 24.3 Å². The zero-order chi connectivity index (χ0) is 21.5. The molecule has 0 spiro atoms. The molecule has 1 amide bonds. The molecule has 1 N–H and O–H groups in total. The third kappa shape index (κ3) is 4.25. The fourth-order valence-corrected chi connectivity index (χ4v) is 4.10. The van der Waals surface area contributed by atoms with E-state index in [1.165, 1.54) is 0 Å². The van der Waals surface area contributed by atoms with Crippen LogP contribution in [0.4, 0.5) is 0 Å². The first kappa shape index (κ1) is 20.2. The van der Waals surface area contributed by atoms with Crippen LogP contribution in [0.1, 0.15) is 64.7 Å². The molecule has 0 unspecified atom stereocenters. The standard InChI is InChI=1S/C25H29N3O2/c1-16-6-11-21-22(14-25(4,5)30-23(21)12-16)26-24(29)20-9-7-19(8-10-20)15-28-18(3)13-17(2)27-28/h6-13,22H,14-15H2,1-5H3,(H,26,29)/t22-/m0/s1. The quantitative estimate of drug-likeness (QED) is 0.675. The number of hydrogen-bond donors (Lipinski definition) is 1. The Kier molecular flexibility index (Phi) is 5.14. The molecule has 0 saturated carbocycles. The molecule has 156 valence electrons. The van der Waals surface area contributed by atoms with Gasteiger partial charge < -0.3 is 10.1 Å². The number of benzene rings is 2. The molecule has 0 fully saturated rings. The molecule has 4 rings (SSSR count). The highest BCUT2D eigenvalue weighted by Crippen LogP contribution is 2.40. The van der Waals surface area contributed by atoms with Crippen molar-refractivity contribution < 1.29 is 9.53 Å². The molecular weight excluding hydrogens is 374 g/mol. The van der Waals surface area contributed by atoms with E-state index in [-0.39, 0.29) is 17.6 Å². The Morgan fingerprint density at radius 1 is 1.13 bits per heavy atom. The second-order valence-electron chi connectivity index (χ2n) is 8.91. The number of fused-ring (bicyclic) bond motifs is 1. The zero-order valence-electron chi connectivity index (χ0n) is 18.3. The van der Waals surface area contributed by atoms with E-state index >= 15 is 0 Å². The Bertz CT molecular complexity index is 1080. The van der Waals surface area contributed by atoms with Crippen LogP contribution in [0.2, 0.25) is 0 Å². The Morgan fingerprint density at radius 3 is 2.53 bits per heavy atom. The van der Waals surface area contributed by atoms with Gasteiger partial charge in [0, 0.05) is 23.2 Å². The first-order valence-corrected chi connectivity index (χ1v) is 10.4. The summed E-state index contributed by atoms with van der Waals surface area (Å²) in [6, 6.07) is 15.9. The summed E-state index contributed by atoms with van der Waals surface area (Å²) in [4.78, 5) is 13.0. The van der Waals surface area contributed by atoms with Crippen LogP contribution in [0, 0.1) is 20.8 Å². The van der Waals surface area contributed by atoms with Crippen molar-refractivity contribution in [2.24, 2.45) is 0 Å². The van der Waals surface area contributed by atoms with Crippen molar-refractivity contribution in [1.82, 2.24) is 15.1 Å². The van der Waals surface area contributed by atoms with Crippen molar-refractivity contribution in [2.45, 2.75) is 59.2 Å². The summed E-state index contributed by atoms with van der Waals surface area (Å²) < 4.78 is 8.12. The summed E-state index contributed by atoms with van der Waals surface area (Å²) in [5.41, 5.74) is 5.77. The van der Waals surface area contributed by atoms with Gasteiger partial charge in [0.25, 0.3) is 5.91 Å². The maximum atomic E-state index is 13.0. The minimum atomic E-state index is -0.331. The molecule has 2 heterocycles. The van der Waals surface area contributed by atoms with Crippen LogP contribution in [0.25, 0.3) is 0 Å². The van der Waals surface area contributed by atoms with Gasteiger partial charge in [0.05, 0.1) is 18.3 Å². The van der Waals surface area contributed by atoms with Crippen LogP contribution in [0.3, 0.4) is 0 Å². The van der Waals surface area contributed by atoms with Crippen LogP contribution in [0.15, 0.2) is 48.5 Å². The van der Waals surface area contributed by atoms with Crippen LogP contribution in [0.5, 0.6) is 5.75 Å². The van der Waals surface area contributed by atoms with Crippen molar-refractivity contribution in [1.29, 1.82) is 0 Å². The highest BCUT2D eigenvalue weighted by molar-refractivity contribution is 5.94. The van der Waals surface area contributed by atoms with Gasteiger partial charge in [-0.3, -0.25) is 9.48 Å². The summed E-state index contributed by atoms with van der Waals surface area (Å²) in [6.07, 6.45) is 0.727. The van der Waals surface area contributed by atoms with Gasteiger partial charge in [0.1, 0.15) is 11.4 Å². The van der Waals surface area contributed by atoms with E-state index < -0.39 is 0 Å². The lowest BCUT2D eigenvalue weighted by Crippen LogP contribution is -2.41. The molecule has 2 aromatic carbocycles. The second kappa shape index (κ2) is 7.63. The number of nitrogens with one attached hydrogen (secondary N) is 1. The average Bonchev–Trinajstić information content (AvgIpc) is 2.97. The van der Waals surface area contributed by atoms with Crippen molar-refractivity contribution in [2.75, 3.05) is 0 Å². The summed E-state index contributed by atoms with van der Waals surface area (Å²) in [7, 11) is 0. The van der Waals surface area contributed by atoms with Gasteiger partial charge in [-0.25, -0.2) is 0 Å². The van der Waals surface area contributed by atoms with Gasteiger partial charge in [0.2, 0.25) is 0 Å². The summed E-state index contributed by atoms with van der Waals surface area (Å²) in [5.74, 6) is 0.790. The van der Waals surface area contributed by atoms with Crippen LogP contribution in [-0.4, -0.2) is 21.3 Å². The van der Waals surface area contributed by atoms with Crippen molar-refractivity contribution in [3.8, 4) is 5.75 Å². The molecule has 0 radical (unpaired) electrons. The summed E-state index contributed by atoms with van der Waals surface area (Å²) in [5, 5.41) is 7.72. The fourth-order valence-electron chi connectivity index (χ4n) is 4.10. The molecule has 1 atom stereocenters. The van der Waals surface area contributed by atoms with Crippen LogP contribution >= 0.6 is 0 Å². The largest absolute Gasteiger partial charge is 0.487 e. The van der Waals surface area contributed by atoms with E-state index in [9.17, 15) is 4.79 Å². The minimum Gasteiger partial charge on any atom is -0.487 e. The normalized spacial score (nSPS) is 17.2. The number of amides is 1. The van der Waals surface area contributed by atoms with Gasteiger partial charge in [-0.2, -0.15) is 5.10 Å². The minimum absolute atomic E-state index is 0.0677. The van der Waals surface area contributed by atoms with Crippen molar-refractivity contribution in [3.63, 3.8) is 0 Å². The van der Waals surface area contributed by atoms with E-state index in [4.69, 9.17) is 4.74 Å². The number of nitrogens with zero attached hydrogens (tertiary/aromatic N) is 2. The molecule has 5 heteroatoms. The van der Waals surface area contributed by atoms with Crippen molar-refractivity contribution in [3.05, 3.63) is 82.2 Å². The molecule has 0 bridgehead atoms. The highest BCUT2D eigenvalue weighted by Gasteiger charge is 2.34. The van der Waals surface area contributed by atoms with Gasteiger partial charge in [-0.05, 0) is 70.0 Å². The molecule has 0 saturated heterocycles. The Labute approximate surface area is 178 Å². The Morgan fingerprint density at radius 2 is 1.87 bits per heavy atom. The second-order valence-corrected chi connectivity index (χ2v) is 8.91. The van der Waals surface area contributed by atoms with Crippen LogP contribution in [-0.2, 0) is 6.54 Å². The predicted molar refractivity (Wildman–Crippen MR) is 118 cm³/mol. The predicted octanol–water partition coefficient (Wildman–Crippen LogP) is 4.89. The van der Waals surface area contributed by atoms with Gasteiger partial charge in [-0.15, -0.1) is 0 Å². The molecule has 3 aromatic rings. The smallest absolute Gasteiger partial charge is 0.251 e. The molecule has 1 aliphatic rings. The highest BCUT2D eigenvalue weighted by atomic mass is 16.5. The molecule has 5 nitrogen and oxygen atoms in total. The number of rotatable bonds is 4. The zero-order valence-corrected chi connectivity index (χ0v) is 18.3. The van der Waals surface area contributed by atoms with Crippen molar-refractivity contribution >= 4 is 5.91 Å². The maximum Gasteiger partial charge on any atom is 0.251 e. The van der Waals surface area contributed by atoms with Gasteiger partial charge in [0.15, 0.2) is 0 Å². The number of carbonyl (C=O) groups is 1. The van der Waals surface area contributed by atoms with E-state index in [0.717, 1.165) is 40.2 Å². The lowest BCUT2D eigenvalue weighted by atomic mass is 9.89. The van der Waals surface area contributed by atoms with Crippen LogP contribution < -0.4 is 10.1 Å². The molecule has 0 aliphatic carbocycles. The molecule has 30 heavy (non-hydrogen) atoms. The molecule has 1 aromatic heterocycles. The monoisotopic (exact) mass is 403 g/mol. The Balaban J connectivity index is 1.49. The van der Waals surface area contributed by atoms with E-state index in [1.54, 1.807) is 0 Å². The lowest BCUT2D eigenvalue weighted by molar-refractivity contribution is 0.0619. The number of aryl methyl sites for hydroxylation is 3. The SMILES string of the molecule is Cc1ccc2c(c1)OC(C)(C)C[C@@H]2NC(=O)c1ccc(Cn2nc(C)cc2C)cc1. The molecule has 1 aliphatic heterocycles. The lowest BCUT2D eigenvalue weighted by Gasteiger charge is -2.38. The summed E-state index contributed by atoms with van der Waals surface area (Å²) >= 11 is 0. The average molecular weight is 404 g/mol. The summed E-state index contributed by atoms with van der Waals surface area (Å²) in [6.45, 7) is 10.9. The number of ether oxygens (including phenoxy) is 1. The van der Waals surface area contributed by atoms with E-state index in [0.29, 0.717) is 12.1 Å². The fraction of sp³-hybridized carbons (Fsp3) is 0.360. The third-order valence-corrected chi connectivity index (χ3v) is 5.58. The third-order valence-electron chi connectivity index (χ3n) is 5.58.